The van der Waals surface area contributed by atoms with Gasteiger partial charge in [-0.3, -0.25) is 4.79 Å². The molecule has 0 bridgehead atoms. The van der Waals surface area contributed by atoms with Crippen LogP contribution in [0.25, 0.3) is 0 Å². The summed E-state index contributed by atoms with van der Waals surface area (Å²) in [4.78, 5) is 24.0. The van der Waals surface area contributed by atoms with Gasteiger partial charge in [-0.05, 0) is 36.4 Å². The summed E-state index contributed by atoms with van der Waals surface area (Å²) >= 11 is 5.80. The monoisotopic (exact) mass is 415 g/mol. The highest BCUT2D eigenvalue weighted by atomic mass is 35.5. The molecule has 1 aliphatic heterocycles. The van der Waals surface area contributed by atoms with Gasteiger partial charge in [-0.25, -0.2) is 4.79 Å². The summed E-state index contributed by atoms with van der Waals surface area (Å²) in [6.45, 7) is 0.0283. The molecule has 0 fully saturated rings. The quantitative estimate of drug-likeness (QED) is 0.766. The van der Waals surface area contributed by atoms with Crippen LogP contribution in [0.4, 0.5) is 18.9 Å². The van der Waals surface area contributed by atoms with Crippen LogP contribution >= 0.6 is 11.6 Å². The normalized spacial score (nSPS) is 13.0. The van der Waals surface area contributed by atoms with Gasteiger partial charge >= 0.3 is 12.1 Å². The number of halogens is 4. The highest BCUT2D eigenvalue weighted by Crippen LogP contribution is 2.34. The Bertz CT molecular complexity index is 917. The van der Waals surface area contributed by atoms with E-state index in [1.54, 1.807) is 0 Å². The Balaban J connectivity index is 1.61. The third-order valence-electron chi connectivity index (χ3n) is 3.68. The topological polar surface area (TPSA) is 73.9 Å². The number of benzene rings is 2. The molecular formula is C18H13ClF3NO5. The van der Waals surface area contributed by atoms with Crippen LogP contribution in [-0.2, 0) is 15.7 Å². The number of hydrogen-bond donors (Lipinski definition) is 1. The van der Waals surface area contributed by atoms with E-state index in [1.165, 1.54) is 18.2 Å². The van der Waals surface area contributed by atoms with Gasteiger partial charge in [0.15, 0.2) is 18.1 Å². The standard InChI is InChI=1S/C18H13ClF3NO5/c19-12-3-2-11(18(20,21)22)8-13(12)23-16(24)9-28-17(25)10-1-4-14-15(7-10)27-6-5-26-14/h1-4,7-8H,5-6,9H2,(H,23,24). The summed E-state index contributed by atoms with van der Waals surface area (Å²) in [5.41, 5.74) is -1.08. The van der Waals surface area contributed by atoms with Crippen LogP contribution in [-0.4, -0.2) is 31.7 Å². The first kappa shape index (κ1) is 19.8. The summed E-state index contributed by atoms with van der Waals surface area (Å²) in [6.07, 6.45) is -4.59. The van der Waals surface area contributed by atoms with E-state index in [0.717, 1.165) is 12.1 Å². The van der Waals surface area contributed by atoms with Gasteiger partial charge < -0.3 is 19.5 Å². The molecule has 10 heteroatoms. The Morgan fingerprint density at radius 1 is 1.07 bits per heavy atom. The molecule has 6 nitrogen and oxygen atoms in total. The molecule has 0 saturated carbocycles. The first-order chi connectivity index (χ1) is 13.2. The van der Waals surface area contributed by atoms with Crippen LogP contribution in [0, 0.1) is 0 Å². The third-order valence-corrected chi connectivity index (χ3v) is 4.01. The Hall–Kier alpha value is -2.94. The number of alkyl halides is 3. The Kier molecular flexibility index (Phi) is 5.64. The molecule has 3 rings (SSSR count). The van der Waals surface area contributed by atoms with Gasteiger partial charge in [-0.15, -0.1) is 0 Å². The molecule has 0 saturated heterocycles. The zero-order valence-electron chi connectivity index (χ0n) is 14.1. The van der Waals surface area contributed by atoms with Crippen LogP contribution in [0.1, 0.15) is 15.9 Å². The van der Waals surface area contributed by atoms with Gasteiger partial charge in [0.05, 0.1) is 21.8 Å². The number of carbonyl (C=O) groups excluding carboxylic acids is 2. The Morgan fingerprint density at radius 2 is 1.79 bits per heavy atom. The Morgan fingerprint density at radius 3 is 2.50 bits per heavy atom. The van der Waals surface area contributed by atoms with Crippen molar-refractivity contribution >= 4 is 29.2 Å². The zero-order chi connectivity index (χ0) is 20.3. The van der Waals surface area contributed by atoms with Crippen LogP contribution in [0.3, 0.4) is 0 Å². The minimum absolute atomic E-state index is 0.0838. The maximum absolute atomic E-state index is 12.8. The van der Waals surface area contributed by atoms with E-state index in [2.05, 4.69) is 5.32 Å². The fraction of sp³-hybridized carbons (Fsp3) is 0.222. The van der Waals surface area contributed by atoms with Crippen molar-refractivity contribution in [3.05, 3.63) is 52.5 Å². The van der Waals surface area contributed by atoms with Crippen molar-refractivity contribution in [3.8, 4) is 11.5 Å². The SMILES string of the molecule is O=C(COC(=O)c1ccc2c(c1)OCCO2)Nc1cc(C(F)(F)F)ccc1Cl. The number of esters is 1. The molecule has 1 amide bonds. The third kappa shape index (κ3) is 4.66. The van der Waals surface area contributed by atoms with Gasteiger partial charge in [0.25, 0.3) is 5.91 Å². The maximum Gasteiger partial charge on any atom is 0.416 e. The number of fused-ring (bicyclic) bond motifs is 1. The molecule has 0 aromatic heterocycles. The van der Waals surface area contributed by atoms with Crippen molar-refractivity contribution in [1.29, 1.82) is 0 Å². The highest BCUT2D eigenvalue weighted by molar-refractivity contribution is 6.33. The van der Waals surface area contributed by atoms with Crippen molar-refractivity contribution in [1.82, 2.24) is 0 Å². The molecule has 0 spiro atoms. The number of rotatable bonds is 4. The number of hydrogen-bond acceptors (Lipinski definition) is 5. The molecule has 148 valence electrons. The summed E-state index contributed by atoms with van der Waals surface area (Å²) in [5.74, 6) is -0.782. The lowest BCUT2D eigenvalue weighted by Crippen LogP contribution is -2.21. The van der Waals surface area contributed by atoms with Crippen LogP contribution < -0.4 is 14.8 Å². The van der Waals surface area contributed by atoms with Gasteiger partial charge in [0.2, 0.25) is 0 Å². The van der Waals surface area contributed by atoms with Crippen LogP contribution in [0.15, 0.2) is 36.4 Å². The predicted molar refractivity (Wildman–Crippen MR) is 92.8 cm³/mol. The molecule has 2 aromatic carbocycles. The largest absolute Gasteiger partial charge is 0.486 e. The second-order valence-corrected chi connectivity index (χ2v) is 6.08. The number of anilines is 1. The van der Waals surface area contributed by atoms with E-state index in [0.29, 0.717) is 30.8 Å². The molecule has 0 unspecified atom stereocenters. The second-order valence-electron chi connectivity index (χ2n) is 5.68. The summed E-state index contributed by atoms with van der Waals surface area (Å²) in [6, 6.07) is 6.90. The molecule has 0 aliphatic carbocycles. The van der Waals surface area contributed by atoms with Crippen molar-refractivity contribution in [2.45, 2.75) is 6.18 Å². The van der Waals surface area contributed by atoms with Gasteiger partial charge in [-0.1, -0.05) is 11.6 Å². The lowest BCUT2D eigenvalue weighted by molar-refractivity contribution is -0.137. The lowest BCUT2D eigenvalue weighted by atomic mass is 10.2. The maximum atomic E-state index is 12.8. The summed E-state index contributed by atoms with van der Waals surface area (Å²) in [7, 11) is 0. The van der Waals surface area contributed by atoms with E-state index in [-0.39, 0.29) is 16.3 Å². The molecule has 1 heterocycles. The van der Waals surface area contributed by atoms with Crippen molar-refractivity contribution < 1.29 is 37.0 Å². The van der Waals surface area contributed by atoms with Gasteiger partial charge in [0, 0.05) is 0 Å². The molecule has 1 aliphatic rings. The predicted octanol–water partition coefficient (Wildman–Crippen LogP) is 3.93. The fourth-order valence-corrected chi connectivity index (χ4v) is 2.53. The smallest absolute Gasteiger partial charge is 0.416 e. The van der Waals surface area contributed by atoms with E-state index in [4.69, 9.17) is 25.8 Å². The number of ether oxygens (including phenoxy) is 3. The minimum atomic E-state index is -4.59. The summed E-state index contributed by atoms with van der Waals surface area (Å²) in [5, 5.41) is 2.10. The van der Waals surface area contributed by atoms with Gasteiger partial charge in [0.1, 0.15) is 13.2 Å². The average Bonchev–Trinajstić information content (AvgIpc) is 2.66. The minimum Gasteiger partial charge on any atom is -0.486 e. The zero-order valence-corrected chi connectivity index (χ0v) is 14.9. The van der Waals surface area contributed by atoms with Gasteiger partial charge in [-0.2, -0.15) is 13.2 Å². The molecular weight excluding hydrogens is 403 g/mol. The van der Waals surface area contributed by atoms with Crippen molar-refractivity contribution in [3.63, 3.8) is 0 Å². The molecule has 0 atom stereocenters. The van der Waals surface area contributed by atoms with Crippen molar-refractivity contribution in [2.75, 3.05) is 25.1 Å². The molecule has 0 radical (unpaired) electrons. The Labute approximate surface area is 162 Å². The number of amides is 1. The van der Waals surface area contributed by atoms with E-state index in [9.17, 15) is 22.8 Å². The van der Waals surface area contributed by atoms with Crippen LogP contribution in [0.5, 0.6) is 11.5 Å². The highest BCUT2D eigenvalue weighted by Gasteiger charge is 2.31. The summed E-state index contributed by atoms with van der Waals surface area (Å²) < 4.78 is 53.8. The molecule has 1 N–H and O–H groups in total. The molecule has 2 aromatic rings. The fourth-order valence-electron chi connectivity index (χ4n) is 2.37. The average molecular weight is 416 g/mol. The van der Waals surface area contributed by atoms with E-state index >= 15 is 0 Å². The number of carbonyl (C=O) groups is 2. The van der Waals surface area contributed by atoms with Crippen molar-refractivity contribution in [2.24, 2.45) is 0 Å². The molecule has 28 heavy (non-hydrogen) atoms. The first-order valence-electron chi connectivity index (χ1n) is 7.97. The lowest BCUT2D eigenvalue weighted by Gasteiger charge is -2.18. The second kappa shape index (κ2) is 7.97. The number of nitrogens with one attached hydrogen (secondary N) is 1. The van der Waals surface area contributed by atoms with E-state index < -0.39 is 30.2 Å². The van der Waals surface area contributed by atoms with E-state index in [1.807, 2.05) is 0 Å². The first-order valence-corrected chi connectivity index (χ1v) is 8.35. The van der Waals surface area contributed by atoms with Crippen LogP contribution in [0.2, 0.25) is 5.02 Å².